The predicted molar refractivity (Wildman–Crippen MR) is 122 cm³/mol. The molecule has 6 rings (SSSR count). The molecule has 0 saturated carbocycles. The maximum Gasteiger partial charge on any atom is 0.0551 e. The quantitative estimate of drug-likeness (QED) is 0.304. The van der Waals surface area contributed by atoms with Crippen molar-refractivity contribution in [2.24, 2.45) is 0 Å². The molecule has 0 saturated heterocycles. The predicted octanol–water partition coefficient (Wildman–Crippen LogP) is 7.73. The molecule has 1 N–H and O–H groups in total. The van der Waals surface area contributed by atoms with Gasteiger partial charge in [-0.3, -0.25) is 0 Å². The van der Waals surface area contributed by atoms with Crippen molar-refractivity contribution in [3.8, 4) is 0 Å². The lowest BCUT2D eigenvalue weighted by molar-refractivity contribution is 0.931. The van der Waals surface area contributed by atoms with Crippen molar-refractivity contribution in [3.05, 3.63) is 84.4 Å². The van der Waals surface area contributed by atoms with Crippen molar-refractivity contribution >= 4 is 54.1 Å². The van der Waals surface area contributed by atoms with Gasteiger partial charge in [0, 0.05) is 27.1 Å². The summed E-state index contributed by atoms with van der Waals surface area (Å²) in [7, 11) is 0. The van der Waals surface area contributed by atoms with Crippen LogP contribution in [-0.4, -0.2) is 4.98 Å². The van der Waals surface area contributed by atoms with Crippen LogP contribution in [0.4, 0.5) is 0 Å². The number of aromatic amines is 1. The van der Waals surface area contributed by atoms with Gasteiger partial charge in [-0.05, 0) is 39.6 Å². The van der Waals surface area contributed by atoms with Gasteiger partial charge < -0.3 is 4.98 Å². The highest BCUT2D eigenvalue weighted by Crippen LogP contribution is 2.43. The summed E-state index contributed by atoms with van der Waals surface area (Å²) < 4.78 is 0. The third kappa shape index (κ3) is 2.02. The molecule has 0 radical (unpaired) electrons. The zero-order valence-corrected chi connectivity index (χ0v) is 15.9. The molecule has 0 aliphatic heterocycles. The van der Waals surface area contributed by atoms with Gasteiger partial charge >= 0.3 is 0 Å². The first-order valence-corrected chi connectivity index (χ1v) is 10.1. The summed E-state index contributed by atoms with van der Waals surface area (Å²) in [5, 5.41) is 10.8. The molecule has 134 valence electrons. The third-order valence-corrected chi connectivity index (χ3v) is 6.07. The number of fused-ring (bicyclic) bond motifs is 10. The summed E-state index contributed by atoms with van der Waals surface area (Å²) in [5.41, 5.74) is 3.92. The van der Waals surface area contributed by atoms with E-state index in [-0.39, 0.29) is 0 Å². The van der Waals surface area contributed by atoms with Crippen LogP contribution in [0.2, 0.25) is 0 Å². The van der Waals surface area contributed by atoms with Crippen molar-refractivity contribution in [2.45, 2.75) is 19.8 Å². The molecule has 0 aliphatic rings. The Labute approximate surface area is 163 Å². The Balaban J connectivity index is 2.05. The molecular weight excluding hydrogens is 338 g/mol. The van der Waals surface area contributed by atoms with E-state index in [9.17, 15) is 0 Å². The molecule has 1 aromatic heterocycles. The van der Waals surface area contributed by atoms with E-state index in [0.717, 1.165) is 12.8 Å². The van der Waals surface area contributed by atoms with Crippen LogP contribution in [0.1, 0.15) is 18.9 Å². The Hall–Kier alpha value is -3.32. The number of benzene rings is 5. The fourth-order valence-corrected chi connectivity index (χ4v) is 4.96. The number of para-hydroxylation sites is 1. The Bertz CT molecular complexity index is 1520. The lowest BCUT2D eigenvalue weighted by Gasteiger charge is -2.15. The van der Waals surface area contributed by atoms with Gasteiger partial charge in [0.25, 0.3) is 0 Å². The van der Waals surface area contributed by atoms with Crippen LogP contribution in [0.15, 0.2) is 78.9 Å². The second kappa shape index (κ2) is 5.84. The fraction of sp³-hybridized carbons (Fsp3) is 0.111. The normalized spacial score (nSPS) is 12.0. The summed E-state index contributed by atoms with van der Waals surface area (Å²) in [4.78, 5) is 3.73. The first kappa shape index (κ1) is 15.7. The SMILES string of the molecule is CCCc1cc2ccccc2c2c1c1ccccc1c1[nH]c3ccccc3c12. The molecule has 0 aliphatic carbocycles. The number of nitrogens with one attached hydrogen (secondary N) is 1. The van der Waals surface area contributed by atoms with Crippen molar-refractivity contribution in [1.82, 2.24) is 4.98 Å². The third-order valence-electron chi connectivity index (χ3n) is 6.07. The molecule has 0 unspecified atom stereocenters. The van der Waals surface area contributed by atoms with Crippen LogP contribution < -0.4 is 0 Å². The van der Waals surface area contributed by atoms with Gasteiger partial charge in [-0.2, -0.15) is 0 Å². The topological polar surface area (TPSA) is 15.8 Å². The van der Waals surface area contributed by atoms with Gasteiger partial charge in [-0.15, -0.1) is 0 Å². The zero-order valence-electron chi connectivity index (χ0n) is 15.9. The Morgan fingerprint density at radius 3 is 2.14 bits per heavy atom. The summed E-state index contributed by atoms with van der Waals surface area (Å²) in [5.74, 6) is 0. The first-order chi connectivity index (χ1) is 13.9. The summed E-state index contributed by atoms with van der Waals surface area (Å²) >= 11 is 0. The molecule has 0 fully saturated rings. The van der Waals surface area contributed by atoms with Crippen LogP contribution in [-0.2, 0) is 6.42 Å². The molecular formula is C27H21N. The Morgan fingerprint density at radius 1 is 0.643 bits per heavy atom. The Kier molecular flexibility index (Phi) is 3.28. The maximum absolute atomic E-state index is 3.73. The number of aryl methyl sites for hydroxylation is 1. The zero-order chi connectivity index (χ0) is 18.7. The minimum atomic E-state index is 1.10. The molecule has 1 heteroatoms. The average molecular weight is 359 g/mol. The first-order valence-electron chi connectivity index (χ1n) is 10.1. The van der Waals surface area contributed by atoms with Crippen LogP contribution in [0.5, 0.6) is 0 Å². The molecule has 28 heavy (non-hydrogen) atoms. The van der Waals surface area contributed by atoms with Crippen molar-refractivity contribution < 1.29 is 0 Å². The van der Waals surface area contributed by atoms with Crippen LogP contribution in [0.25, 0.3) is 54.1 Å². The molecule has 1 heterocycles. The van der Waals surface area contributed by atoms with E-state index in [2.05, 4.69) is 90.8 Å². The highest BCUT2D eigenvalue weighted by Gasteiger charge is 2.17. The molecule has 0 bridgehead atoms. The number of hydrogen-bond donors (Lipinski definition) is 1. The monoisotopic (exact) mass is 359 g/mol. The van der Waals surface area contributed by atoms with E-state index in [1.807, 2.05) is 0 Å². The lowest BCUT2D eigenvalue weighted by atomic mass is 9.88. The van der Waals surface area contributed by atoms with Gasteiger partial charge in [-0.1, -0.05) is 86.1 Å². The maximum atomic E-state index is 3.73. The Morgan fingerprint density at radius 2 is 1.32 bits per heavy atom. The lowest BCUT2D eigenvalue weighted by Crippen LogP contribution is -1.91. The molecule has 1 nitrogen and oxygen atoms in total. The molecule has 5 aromatic carbocycles. The van der Waals surface area contributed by atoms with Gasteiger partial charge in [0.1, 0.15) is 0 Å². The van der Waals surface area contributed by atoms with Crippen LogP contribution >= 0.6 is 0 Å². The molecule has 0 atom stereocenters. The van der Waals surface area contributed by atoms with E-state index in [1.165, 1.54) is 59.7 Å². The second-order valence-electron chi connectivity index (χ2n) is 7.72. The van der Waals surface area contributed by atoms with Crippen molar-refractivity contribution in [2.75, 3.05) is 0 Å². The van der Waals surface area contributed by atoms with E-state index in [1.54, 1.807) is 0 Å². The summed E-state index contributed by atoms with van der Waals surface area (Å²) in [6, 6.07) is 28.8. The number of H-pyrrole nitrogens is 1. The average Bonchev–Trinajstić information content (AvgIpc) is 3.13. The molecule has 0 spiro atoms. The summed E-state index contributed by atoms with van der Waals surface area (Å²) in [6.45, 7) is 2.27. The van der Waals surface area contributed by atoms with E-state index in [0.29, 0.717) is 0 Å². The fourth-order valence-electron chi connectivity index (χ4n) is 4.96. The van der Waals surface area contributed by atoms with Crippen molar-refractivity contribution in [1.29, 1.82) is 0 Å². The van der Waals surface area contributed by atoms with Gasteiger partial charge in [0.15, 0.2) is 0 Å². The second-order valence-corrected chi connectivity index (χ2v) is 7.72. The van der Waals surface area contributed by atoms with Crippen LogP contribution in [0, 0.1) is 0 Å². The molecule has 0 amide bonds. The van der Waals surface area contributed by atoms with Crippen LogP contribution in [0.3, 0.4) is 0 Å². The minimum absolute atomic E-state index is 1.10. The highest BCUT2D eigenvalue weighted by atomic mass is 14.7. The van der Waals surface area contributed by atoms with E-state index in [4.69, 9.17) is 0 Å². The van der Waals surface area contributed by atoms with Gasteiger partial charge in [-0.25, -0.2) is 0 Å². The number of hydrogen-bond acceptors (Lipinski definition) is 0. The van der Waals surface area contributed by atoms with E-state index < -0.39 is 0 Å². The summed E-state index contributed by atoms with van der Waals surface area (Å²) in [6.07, 6.45) is 2.24. The smallest absolute Gasteiger partial charge is 0.0551 e. The molecule has 6 aromatic rings. The highest BCUT2D eigenvalue weighted by molar-refractivity contribution is 6.36. The van der Waals surface area contributed by atoms with Gasteiger partial charge in [0.2, 0.25) is 0 Å². The van der Waals surface area contributed by atoms with Crippen molar-refractivity contribution in [3.63, 3.8) is 0 Å². The van der Waals surface area contributed by atoms with Gasteiger partial charge in [0.05, 0.1) is 5.52 Å². The minimum Gasteiger partial charge on any atom is -0.354 e. The number of aromatic nitrogens is 1. The number of rotatable bonds is 2. The largest absolute Gasteiger partial charge is 0.354 e. The van der Waals surface area contributed by atoms with E-state index >= 15 is 0 Å². The standard InChI is InChI=1S/C27H21N/c1-2-9-18-16-17-10-3-4-11-19(17)25-24(18)20-12-5-6-13-21(20)27-26(25)22-14-7-8-15-23(22)28-27/h3-8,10-16,28H,2,9H2,1H3.